The zero-order valence-corrected chi connectivity index (χ0v) is 5.97. The van der Waals surface area contributed by atoms with E-state index in [0.29, 0.717) is 16.3 Å². The predicted molar refractivity (Wildman–Crippen MR) is 39.6 cm³/mol. The quantitative estimate of drug-likeness (QED) is 0.636. The number of nitrogens with zero attached hydrogens (tertiary/aromatic N) is 1. The van der Waals surface area contributed by atoms with E-state index >= 15 is 0 Å². The summed E-state index contributed by atoms with van der Waals surface area (Å²) in [6, 6.07) is 0. The van der Waals surface area contributed by atoms with Gasteiger partial charge in [-0.15, -0.1) is 0 Å². The van der Waals surface area contributed by atoms with Gasteiger partial charge in [-0.05, 0) is 0 Å². The standard InChI is InChI=1S/C6H7ClN2O/c7-6-4(3-10)1-9-2-5(6)8/h1-2,10H,3,8H2. The zero-order chi connectivity index (χ0) is 7.56. The summed E-state index contributed by atoms with van der Waals surface area (Å²) >= 11 is 5.67. The van der Waals surface area contributed by atoms with E-state index in [9.17, 15) is 0 Å². The van der Waals surface area contributed by atoms with Crippen LogP contribution < -0.4 is 5.73 Å². The number of halogens is 1. The molecule has 0 bridgehead atoms. The van der Waals surface area contributed by atoms with E-state index in [1.807, 2.05) is 0 Å². The summed E-state index contributed by atoms with van der Waals surface area (Å²) in [5.74, 6) is 0. The summed E-state index contributed by atoms with van der Waals surface area (Å²) in [6.45, 7) is -0.128. The van der Waals surface area contributed by atoms with Crippen LogP contribution in [0.25, 0.3) is 0 Å². The Morgan fingerprint density at radius 1 is 1.60 bits per heavy atom. The molecule has 0 saturated carbocycles. The van der Waals surface area contributed by atoms with Crippen molar-refractivity contribution < 1.29 is 5.11 Å². The number of anilines is 1. The molecule has 0 radical (unpaired) electrons. The average molecular weight is 159 g/mol. The van der Waals surface area contributed by atoms with Gasteiger partial charge in [-0.3, -0.25) is 4.98 Å². The van der Waals surface area contributed by atoms with Crippen LogP contribution in [-0.4, -0.2) is 10.1 Å². The predicted octanol–water partition coefficient (Wildman–Crippen LogP) is 0.810. The highest BCUT2D eigenvalue weighted by Gasteiger charge is 2.00. The van der Waals surface area contributed by atoms with E-state index in [1.54, 1.807) is 0 Å². The Labute approximate surface area is 63.5 Å². The van der Waals surface area contributed by atoms with Gasteiger partial charge in [-0.2, -0.15) is 0 Å². The van der Waals surface area contributed by atoms with Gasteiger partial charge in [0.25, 0.3) is 0 Å². The summed E-state index contributed by atoms with van der Waals surface area (Å²) in [5, 5.41) is 9.05. The molecule has 0 unspecified atom stereocenters. The van der Waals surface area contributed by atoms with Gasteiger partial charge in [0.15, 0.2) is 0 Å². The normalized spacial score (nSPS) is 9.80. The molecule has 0 aliphatic heterocycles. The summed E-state index contributed by atoms with van der Waals surface area (Å²) in [6.07, 6.45) is 2.93. The van der Waals surface area contributed by atoms with Crippen molar-refractivity contribution in [3.63, 3.8) is 0 Å². The Morgan fingerprint density at radius 2 is 2.30 bits per heavy atom. The molecule has 54 valence electrons. The molecule has 4 heteroatoms. The van der Waals surface area contributed by atoms with E-state index < -0.39 is 0 Å². The molecule has 0 saturated heterocycles. The van der Waals surface area contributed by atoms with Crippen LogP contribution in [0.4, 0.5) is 5.69 Å². The molecule has 0 atom stereocenters. The van der Waals surface area contributed by atoms with Gasteiger partial charge < -0.3 is 10.8 Å². The Balaban J connectivity index is 3.14. The topological polar surface area (TPSA) is 59.1 Å². The molecule has 0 aromatic carbocycles. The highest BCUT2D eigenvalue weighted by atomic mass is 35.5. The molecule has 1 heterocycles. The number of nitrogens with two attached hydrogens (primary N) is 1. The second kappa shape index (κ2) is 2.86. The fourth-order valence-electron chi connectivity index (χ4n) is 0.617. The molecule has 1 rings (SSSR count). The van der Waals surface area contributed by atoms with Crippen molar-refractivity contribution in [2.45, 2.75) is 6.61 Å². The van der Waals surface area contributed by atoms with Gasteiger partial charge in [-0.1, -0.05) is 11.6 Å². The van der Waals surface area contributed by atoms with Gasteiger partial charge in [0, 0.05) is 11.8 Å². The smallest absolute Gasteiger partial charge is 0.0721 e. The minimum atomic E-state index is -0.128. The van der Waals surface area contributed by atoms with E-state index in [0.717, 1.165) is 0 Å². The van der Waals surface area contributed by atoms with Crippen LogP contribution in [0.15, 0.2) is 12.4 Å². The molecule has 1 aromatic rings. The largest absolute Gasteiger partial charge is 0.396 e. The number of aromatic nitrogens is 1. The van der Waals surface area contributed by atoms with Crippen LogP contribution in [0.2, 0.25) is 5.02 Å². The first-order chi connectivity index (χ1) is 4.75. The van der Waals surface area contributed by atoms with Gasteiger partial charge in [0.1, 0.15) is 0 Å². The van der Waals surface area contributed by atoms with Crippen LogP contribution in [0, 0.1) is 0 Å². The van der Waals surface area contributed by atoms with Crippen molar-refractivity contribution in [3.05, 3.63) is 23.0 Å². The SMILES string of the molecule is Nc1cncc(CO)c1Cl. The lowest BCUT2D eigenvalue weighted by Crippen LogP contribution is -1.93. The number of nitrogen functional groups attached to an aromatic ring is 1. The zero-order valence-electron chi connectivity index (χ0n) is 5.21. The van der Waals surface area contributed by atoms with Crippen LogP contribution in [-0.2, 0) is 6.61 Å². The lowest BCUT2D eigenvalue weighted by Gasteiger charge is -2.00. The third-order valence-electron chi connectivity index (χ3n) is 1.15. The Hall–Kier alpha value is -0.800. The first-order valence-corrected chi connectivity index (χ1v) is 3.12. The fraction of sp³-hybridized carbons (Fsp3) is 0.167. The third-order valence-corrected chi connectivity index (χ3v) is 1.61. The molecular weight excluding hydrogens is 152 g/mol. The van der Waals surface area contributed by atoms with Crippen molar-refractivity contribution in [1.82, 2.24) is 4.98 Å². The first kappa shape index (κ1) is 7.31. The van der Waals surface area contributed by atoms with Crippen LogP contribution >= 0.6 is 11.6 Å². The van der Waals surface area contributed by atoms with Gasteiger partial charge in [0.2, 0.25) is 0 Å². The lowest BCUT2D eigenvalue weighted by atomic mass is 10.3. The van der Waals surface area contributed by atoms with Crippen molar-refractivity contribution in [2.75, 3.05) is 5.73 Å². The van der Waals surface area contributed by atoms with E-state index in [-0.39, 0.29) is 6.61 Å². The maximum atomic E-state index is 8.66. The molecule has 1 aromatic heterocycles. The van der Waals surface area contributed by atoms with Crippen molar-refractivity contribution in [1.29, 1.82) is 0 Å². The molecule has 0 aliphatic carbocycles. The molecule has 0 aliphatic rings. The summed E-state index contributed by atoms with van der Waals surface area (Å²) in [5.41, 5.74) is 6.34. The average Bonchev–Trinajstić information content (AvgIpc) is 1.95. The van der Waals surface area contributed by atoms with Gasteiger partial charge in [-0.25, -0.2) is 0 Å². The van der Waals surface area contributed by atoms with Gasteiger partial charge >= 0.3 is 0 Å². The van der Waals surface area contributed by atoms with Crippen molar-refractivity contribution >= 4 is 17.3 Å². The van der Waals surface area contributed by atoms with Crippen LogP contribution in [0.5, 0.6) is 0 Å². The van der Waals surface area contributed by atoms with Crippen LogP contribution in [0.3, 0.4) is 0 Å². The van der Waals surface area contributed by atoms with Crippen LogP contribution in [0.1, 0.15) is 5.56 Å². The number of aliphatic hydroxyl groups excluding tert-OH is 1. The highest BCUT2D eigenvalue weighted by Crippen LogP contribution is 2.20. The molecule has 0 spiro atoms. The summed E-state index contributed by atoms with van der Waals surface area (Å²) in [4.78, 5) is 3.75. The summed E-state index contributed by atoms with van der Waals surface area (Å²) < 4.78 is 0. The second-order valence-electron chi connectivity index (χ2n) is 1.86. The molecule has 10 heavy (non-hydrogen) atoms. The Kier molecular flexibility index (Phi) is 2.09. The van der Waals surface area contributed by atoms with E-state index in [2.05, 4.69) is 4.98 Å². The molecule has 0 fully saturated rings. The first-order valence-electron chi connectivity index (χ1n) is 2.74. The van der Waals surface area contributed by atoms with Crippen molar-refractivity contribution in [3.8, 4) is 0 Å². The van der Waals surface area contributed by atoms with E-state index in [1.165, 1.54) is 12.4 Å². The number of pyridine rings is 1. The number of hydrogen-bond donors (Lipinski definition) is 2. The summed E-state index contributed by atoms with van der Waals surface area (Å²) in [7, 11) is 0. The third kappa shape index (κ3) is 1.20. The maximum absolute atomic E-state index is 8.66. The minimum Gasteiger partial charge on any atom is -0.396 e. The maximum Gasteiger partial charge on any atom is 0.0721 e. The lowest BCUT2D eigenvalue weighted by molar-refractivity contribution is 0.281. The molecule has 3 N–H and O–H groups in total. The monoisotopic (exact) mass is 158 g/mol. The second-order valence-corrected chi connectivity index (χ2v) is 2.24. The highest BCUT2D eigenvalue weighted by molar-refractivity contribution is 6.33. The van der Waals surface area contributed by atoms with Gasteiger partial charge in [0.05, 0.1) is 23.5 Å². The molecular formula is C6H7ClN2O. The molecule has 3 nitrogen and oxygen atoms in total. The number of hydrogen-bond acceptors (Lipinski definition) is 3. The minimum absolute atomic E-state index is 0.128. The van der Waals surface area contributed by atoms with E-state index in [4.69, 9.17) is 22.4 Å². The number of aliphatic hydroxyl groups is 1. The Morgan fingerprint density at radius 3 is 2.80 bits per heavy atom. The number of rotatable bonds is 1. The molecule has 0 amide bonds. The van der Waals surface area contributed by atoms with Crippen molar-refractivity contribution in [2.24, 2.45) is 0 Å². The Bertz CT molecular complexity index is 239. The fourth-order valence-corrected chi connectivity index (χ4v) is 0.774.